The Morgan fingerprint density at radius 1 is 1.00 bits per heavy atom. The third-order valence-electron chi connectivity index (χ3n) is 4.73. The largest absolute Gasteiger partial charge is 0.495 e. The molecule has 2 N–H and O–H groups in total. The molecule has 3 aromatic carbocycles. The molecule has 1 amide bonds. The summed E-state index contributed by atoms with van der Waals surface area (Å²) in [5.74, 6) is -0.247. The third-order valence-corrected chi connectivity index (χ3v) is 6.24. The zero-order valence-corrected chi connectivity index (χ0v) is 18.5. The molecular weight excluding hydrogens is 457 g/mol. The summed E-state index contributed by atoms with van der Waals surface area (Å²) in [4.78, 5) is 12.3. The van der Waals surface area contributed by atoms with Crippen LogP contribution in [-0.2, 0) is 27.4 Å². The molecule has 0 spiro atoms. The third kappa shape index (κ3) is 6.04. The van der Waals surface area contributed by atoms with Crippen LogP contribution >= 0.6 is 0 Å². The molecular formula is C23H21F3N2O4S. The Morgan fingerprint density at radius 3 is 2.42 bits per heavy atom. The van der Waals surface area contributed by atoms with Crippen LogP contribution in [0.5, 0.6) is 5.75 Å². The molecule has 0 atom stereocenters. The van der Waals surface area contributed by atoms with Gasteiger partial charge in [-0.3, -0.25) is 9.52 Å². The molecule has 0 fully saturated rings. The molecule has 0 radical (unpaired) electrons. The van der Waals surface area contributed by atoms with Crippen LogP contribution in [0.25, 0.3) is 0 Å². The summed E-state index contributed by atoms with van der Waals surface area (Å²) in [6.07, 6.45) is -4.82. The van der Waals surface area contributed by atoms with Crippen molar-refractivity contribution in [3.63, 3.8) is 0 Å². The van der Waals surface area contributed by atoms with E-state index in [0.29, 0.717) is 11.3 Å². The number of hydrogen-bond acceptors (Lipinski definition) is 4. The summed E-state index contributed by atoms with van der Waals surface area (Å²) in [6, 6.07) is 15.3. The van der Waals surface area contributed by atoms with E-state index < -0.39 is 27.7 Å². The first kappa shape index (κ1) is 24.1. The summed E-state index contributed by atoms with van der Waals surface area (Å²) in [5.41, 5.74) is 0.212. The van der Waals surface area contributed by atoms with E-state index in [1.54, 1.807) is 31.2 Å². The number of rotatable bonds is 7. The van der Waals surface area contributed by atoms with Crippen LogP contribution in [0.4, 0.5) is 24.5 Å². The van der Waals surface area contributed by atoms with E-state index in [2.05, 4.69) is 10.0 Å². The standard InChI is InChI=1S/C23H21F3N2O4S/c1-15-10-11-18(27-22(29)13-16-6-5-7-17(12-16)23(24,25)26)14-21(15)33(30,31)28-19-8-3-4-9-20(19)32-2/h3-12,14,28H,13H2,1-2H3,(H,27,29). The fourth-order valence-corrected chi connectivity index (χ4v) is 4.49. The summed E-state index contributed by atoms with van der Waals surface area (Å²) >= 11 is 0. The molecule has 0 bridgehead atoms. The number of ether oxygens (including phenoxy) is 1. The second-order valence-corrected chi connectivity index (χ2v) is 8.86. The van der Waals surface area contributed by atoms with Crippen molar-refractivity contribution in [3.8, 4) is 5.75 Å². The Kier molecular flexibility index (Phi) is 6.97. The maximum Gasteiger partial charge on any atom is 0.416 e. The number of nitrogens with one attached hydrogen (secondary N) is 2. The highest BCUT2D eigenvalue weighted by Gasteiger charge is 2.30. The molecule has 0 aliphatic carbocycles. The molecule has 3 rings (SSSR count). The molecule has 0 aliphatic rings. The molecule has 0 heterocycles. The smallest absolute Gasteiger partial charge is 0.416 e. The summed E-state index contributed by atoms with van der Waals surface area (Å²) in [6.45, 7) is 1.60. The van der Waals surface area contributed by atoms with Crippen LogP contribution in [-0.4, -0.2) is 21.4 Å². The zero-order chi connectivity index (χ0) is 24.2. The second-order valence-electron chi connectivity index (χ2n) is 7.21. The Balaban J connectivity index is 1.79. The first-order valence-corrected chi connectivity index (χ1v) is 11.2. The van der Waals surface area contributed by atoms with Crippen molar-refractivity contribution in [3.05, 3.63) is 83.4 Å². The number of benzene rings is 3. The van der Waals surface area contributed by atoms with E-state index in [4.69, 9.17) is 4.74 Å². The van der Waals surface area contributed by atoms with Crippen molar-refractivity contribution in [1.29, 1.82) is 0 Å². The maximum atomic E-state index is 13.0. The molecule has 0 aliphatic heterocycles. The minimum atomic E-state index is -4.51. The van der Waals surface area contributed by atoms with Crippen molar-refractivity contribution < 1.29 is 31.1 Å². The van der Waals surface area contributed by atoms with Gasteiger partial charge < -0.3 is 10.1 Å². The molecule has 0 aromatic heterocycles. The fraction of sp³-hybridized carbons (Fsp3) is 0.174. The lowest BCUT2D eigenvalue weighted by atomic mass is 10.1. The number of anilines is 2. The number of amides is 1. The summed E-state index contributed by atoms with van der Waals surface area (Å²) in [7, 11) is -2.61. The van der Waals surface area contributed by atoms with Gasteiger partial charge in [0.05, 0.1) is 29.7 Å². The Hall–Kier alpha value is -3.53. The van der Waals surface area contributed by atoms with Crippen LogP contribution < -0.4 is 14.8 Å². The van der Waals surface area contributed by atoms with Gasteiger partial charge in [0.2, 0.25) is 5.91 Å². The van der Waals surface area contributed by atoms with Crippen LogP contribution in [0.1, 0.15) is 16.7 Å². The minimum absolute atomic E-state index is 0.0646. The van der Waals surface area contributed by atoms with Crippen molar-refractivity contribution in [2.45, 2.75) is 24.4 Å². The van der Waals surface area contributed by atoms with Crippen molar-refractivity contribution >= 4 is 27.3 Å². The number of carbonyl (C=O) groups is 1. The second kappa shape index (κ2) is 9.53. The van der Waals surface area contributed by atoms with Crippen molar-refractivity contribution in [2.24, 2.45) is 0 Å². The van der Waals surface area contributed by atoms with E-state index in [9.17, 15) is 26.4 Å². The number of carbonyl (C=O) groups excluding carboxylic acids is 1. The number of halogens is 3. The Morgan fingerprint density at radius 2 is 1.73 bits per heavy atom. The number of alkyl halides is 3. The van der Waals surface area contributed by atoms with Gasteiger partial charge in [-0.2, -0.15) is 13.2 Å². The lowest BCUT2D eigenvalue weighted by molar-refractivity contribution is -0.137. The molecule has 0 saturated heterocycles. The van der Waals surface area contributed by atoms with Gasteiger partial charge in [0.1, 0.15) is 5.75 Å². The van der Waals surface area contributed by atoms with Gasteiger partial charge in [0.25, 0.3) is 10.0 Å². The summed E-state index contributed by atoms with van der Waals surface area (Å²) in [5, 5.41) is 2.54. The highest BCUT2D eigenvalue weighted by Crippen LogP contribution is 2.30. The topological polar surface area (TPSA) is 84.5 Å². The highest BCUT2D eigenvalue weighted by molar-refractivity contribution is 7.92. The van der Waals surface area contributed by atoms with Crippen molar-refractivity contribution in [1.82, 2.24) is 0 Å². The van der Waals surface area contributed by atoms with E-state index in [-0.39, 0.29) is 28.3 Å². The molecule has 3 aromatic rings. The predicted molar refractivity (Wildman–Crippen MR) is 119 cm³/mol. The van der Waals surface area contributed by atoms with E-state index in [0.717, 1.165) is 12.1 Å². The fourth-order valence-electron chi connectivity index (χ4n) is 3.14. The average Bonchev–Trinajstić information content (AvgIpc) is 2.74. The first-order chi connectivity index (χ1) is 15.5. The number of methoxy groups -OCH3 is 1. The van der Waals surface area contributed by atoms with Gasteiger partial charge in [0, 0.05) is 5.69 Å². The molecule has 6 nitrogen and oxygen atoms in total. The predicted octanol–water partition coefficient (Wildman–Crippen LogP) is 5.00. The number of para-hydroxylation sites is 2. The Labute approximate surface area is 189 Å². The van der Waals surface area contributed by atoms with Gasteiger partial charge in [-0.15, -0.1) is 0 Å². The monoisotopic (exact) mass is 478 g/mol. The molecule has 0 saturated carbocycles. The van der Waals surface area contributed by atoms with E-state index >= 15 is 0 Å². The van der Waals surface area contributed by atoms with Crippen LogP contribution in [0, 0.1) is 6.92 Å². The van der Waals surface area contributed by atoms with Gasteiger partial charge in [0.15, 0.2) is 0 Å². The molecule has 33 heavy (non-hydrogen) atoms. The lowest BCUT2D eigenvalue weighted by Gasteiger charge is -2.14. The number of hydrogen-bond donors (Lipinski definition) is 2. The first-order valence-electron chi connectivity index (χ1n) is 9.72. The number of sulfonamides is 1. The van der Waals surface area contributed by atoms with Gasteiger partial charge in [-0.1, -0.05) is 36.4 Å². The quantitative estimate of drug-likeness (QED) is 0.500. The van der Waals surface area contributed by atoms with Crippen LogP contribution in [0.3, 0.4) is 0 Å². The lowest BCUT2D eigenvalue weighted by Crippen LogP contribution is -2.17. The van der Waals surface area contributed by atoms with Gasteiger partial charge >= 0.3 is 6.18 Å². The SMILES string of the molecule is COc1ccccc1NS(=O)(=O)c1cc(NC(=O)Cc2cccc(C(F)(F)F)c2)ccc1C. The van der Waals surface area contributed by atoms with Crippen LogP contribution in [0.15, 0.2) is 71.6 Å². The maximum absolute atomic E-state index is 13.0. The van der Waals surface area contributed by atoms with Crippen LogP contribution in [0.2, 0.25) is 0 Å². The molecule has 0 unspecified atom stereocenters. The zero-order valence-electron chi connectivity index (χ0n) is 17.7. The van der Waals surface area contributed by atoms with E-state index in [1.807, 2.05) is 0 Å². The summed E-state index contributed by atoms with van der Waals surface area (Å²) < 4.78 is 72.2. The molecule has 10 heteroatoms. The average molecular weight is 478 g/mol. The van der Waals surface area contributed by atoms with Gasteiger partial charge in [-0.25, -0.2) is 8.42 Å². The van der Waals surface area contributed by atoms with Gasteiger partial charge in [-0.05, 0) is 48.4 Å². The minimum Gasteiger partial charge on any atom is -0.495 e. The Bertz CT molecular complexity index is 1270. The number of aryl methyl sites for hydroxylation is 1. The van der Waals surface area contributed by atoms with Crippen molar-refractivity contribution in [2.75, 3.05) is 17.1 Å². The highest BCUT2D eigenvalue weighted by atomic mass is 32.2. The normalized spacial score (nSPS) is 11.7. The van der Waals surface area contributed by atoms with E-state index in [1.165, 1.54) is 37.4 Å². The molecule has 174 valence electrons.